The van der Waals surface area contributed by atoms with Gasteiger partial charge in [-0.15, -0.1) is 0 Å². The van der Waals surface area contributed by atoms with Gasteiger partial charge in [0.05, 0.1) is 5.60 Å². The molecular formula is C10H19NO2S. The molecule has 0 radical (unpaired) electrons. The molecule has 3 nitrogen and oxygen atoms in total. The molecule has 1 aliphatic rings. The third kappa shape index (κ3) is 2.89. The lowest BCUT2D eigenvalue weighted by Crippen LogP contribution is -2.45. The number of carbonyl (C=O) groups is 1. The maximum atomic E-state index is 11.4. The van der Waals surface area contributed by atoms with Gasteiger partial charge < -0.3 is 10.1 Å². The minimum Gasteiger partial charge on any atom is -0.376 e. The molecule has 14 heavy (non-hydrogen) atoms. The van der Waals surface area contributed by atoms with Crippen molar-refractivity contribution in [3.8, 4) is 0 Å². The molecule has 1 fully saturated rings. The van der Waals surface area contributed by atoms with Crippen LogP contribution in [0.25, 0.3) is 0 Å². The minimum absolute atomic E-state index is 0.0537. The summed E-state index contributed by atoms with van der Waals surface area (Å²) in [4.78, 5) is 11.4. The highest BCUT2D eigenvalue weighted by Gasteiger charge is 2.34. The summed E-state index contributed by atoms with van der Waals surface area (Å²) in [7, 11) is 1.73. The summed E-state index contributed by atoms with van der Waals surface area (Å²) < 4.78 is 5.49. The molecule has 0 saturated carbocycles. The monoisotopic (exact) mass is 217 g/mol. The number of hydrogen-bond acceptors (Lipinski definition) is 3. The average molecular weight is 217 g/mol. The third-order valence-electron chi connectivity index (χ3n) is 2.61. The zero-order valence-corrected chi connectivity index (χ0v) is 9.95. The van der Waals surface area contributed by atoms with Gasteiger partial charge in [-0.05, 0) is 12.2 Å². The van der Waals surface area contributed by atoms with Crippen molar-refractivity contribution in [2.75, 3.05) is 25.2 Å². The second kappa shape index (κ2) is 5.03. The largest absolute Gasteiger partial charge is 0.376 e. The molecule has 0 aliphatic carbocycles. The Morgan fingerprint density at radius 1 is 1.64 bits per heavy atom. The first-order valence-electron chi connectivity index (χ1n) is 5.00. The fraction of sp³-hybridized carbons (Fsp3) is 0.900. The van der Waals surface area contributed by atoms with Crippen LogP contribution in [0.3, 0.4) is 0 Å². The second-order valence-electron chi connectivity index (χ2n) is 4.06. The SMILES string of the molecule is COC1(CNC(=O)C(C)C)CCSC1. The Morgan fingerprint density at radius 2 is 2.36 bits per heavy atom. The van der Waals surface area contributed by atoms with Crippen LogP contribution in [0.1, 0.15) is 20.3 Å². The standard InChI is InChI=1S/C10H19NO2S/c1-8(2)9(12)11-6-10(13-3)4-5-14-7-10/h8H,4-7H2,1-3H3,(H,11,12). The van der Waals surface area contributed by atoms with Crippen molar-refractivity contribution in [3.05, 3.63) is 0 Å². The van der Waals surface area contributed by atoms with E-state index >= 15 is 0 Å². The lowest BCUT2D eigenvalue weighted by Gasteiger charge is -2.27. The van der Waals surface area contributed by atoms with E-state index in [-0.39, 0.29) is 17.4 Å². The molecule has 0 aromatic heterocycles. The van der Waals surface area contributed by atoms with E-state index in [2.05, 4.69) is 5.32 Å². The van der Waals surface area contributed by atoms with Crippen LogP contribution in [0.5, 0.6) is 0 Å². The summed E-state index contributed by atoms with van der Waals surface area (Å²) in [5.74, 6) is 2.28. The predicted octanol–water partition coefficient (Wildman–Crippen LogP) is 1.28. The van der Waals surface area contributed by atoms with Crippen LogP contribution < -0.4 is 5.32 Å². The van der Waals surface area contributed by atoms with Gasteiger partial charge in [-0.2, -0.15) is 11.8 Å². The van der Waals surface area contributed by atoms with Crippen molar-refractivity contribution in [2.24, 2.45) is 5.92 Å². The Bertz CT molecular complexity index is 200. The quantitative estimate of drug-likeness (QED) is 0.771. The third-order valence-corrected chi connectivity index (χ3v) is 3.83. The van der Waals surface area contributed by atoms with E-state index in [4.69, 9.17) is 4.74 Å². The first-order valence-corrected chi connectivity index (χ1v) is 6.16. The molecule has 0 spiro atoms. The van der Waals surface area contributed by atoms with Crippen molar-refractivity contribution < 1.29 is 9.53 Å². The Morgan fingerprint density at radius 3 is 2.79 bits per heavy atom. The van der Waals surface area contributed by atoms with Crippen molar-refractivity contribution in [2.45, 2.75) is 25.9 Å². The minimum atomic E-state index is -0.116. The molecular weight excluding hydrogens is 198 g/mol. The molecule has 1 unspecified atom stereocenters. The van der Waals surface area contributed by atoms with Gasteiger partial charge in [0.2, 0.25) is 5.91 Å². The van der Waals surface area contributed by atoms with Crippen LogP contribution in [0.15, 0.2) is 0 Å². The first-order chi connectivity index (χ1) is 6.59. The summed E-state index contributed by atoms with van der Waals surface area (Å²) in [6, 6.07) is 0. The normalized spacial score (nSPS) is 26.9. The smallest absolute Gasteiger partial charge is 0.222 e. The molecule has 82 valence electrons. The van der Waals surface area contributed by atoms with Gasteiger partial charge in [0.25, 0.3) is 0 Å². The van der Waals surface area contributed by atoms with E-state index in [1.165, 1.54) is 0 Å². The van der Waals surface area contributed by atoms with Crippen LogP contribution in [0.4, 0.5) is 0 Å². The Labute approximate surface area is 90.0 Å². The van der Waals surface area contributed by atoms with E-state index in [0.717, 1.165) is 17.9 Å². The zero-order chi connectivity index (χ0) is 10.6. The summed E-state index contributed by atoms with van der Waals surface area (Å²) >= 11 is 1.89. The van der Waals surface area contributed by atoms with Crippen LogP contribution >= 0.6 is 11.8 Å². The highest BCUT2D eigenvalue weighted by molar-refractivity contribution is 7.99. The number of amides is 1. The Kier molecular flexibility index (Phi) is 4.26. The van der Waals surface area contributed by atoms with E-state index in [1.54, 1.807) is 7.11 Å². The molecule has 1 N–H and O–H groups in total. The Balaban J connectivity index is 2.38. The molecule has 1 amide bonds. The highest BCUT2D eigenvalue weighted by atomic mass is 32.2. The van der Waals surface area contributed by atoms with Crippen LogP contribution in [0.2, 0.25) is 0 Å². The lowest BCUT2D eigenvalue weighted by molar-refractivity contribution is -0.125. The summed E-state index contributed by atoms with van der Waals surface area (Å²) in [5, 5.41) is 2.94. The van der Waals surface area contributed by atoms with Crippen molar-refractivity contribution >= 4 is 17.7 Å². The van der Waals surface area contributed by atoms with Crippen LogP contribution in [-0.4, -0.2) is 36.7 Å². The van der Waals surface area contributed by atoms with Gasteiger partial charge in [-0.3, -0.25) is 4.79 Å². The van der Waals surface area contributed by atoms with Gasteiger partial charge in [-0.1, -0.05) is 13.8 Å². The van der Waals surface area contributed by atoms with Gasteiger partial charge in [-0.25, -0.2) is 0 Å². The van der Waals surface area contributed by atoms with Crippen LogP contribution in [-0.2, 0) is 9.53 Å². The van der Waals surface area contributed by atoms with E-state index in [9.17, 15) is 4.79 Å². The number of rotatable bonds is 4. The molecule has 1 atom stereocenters. The highest BCUT2D eigenvalue weighted by Crippen LogP contribution is 2.30. The number of ether oxygens (including phenoxy) is 1. The van der Waals surface area contributed by atoms with E-state index in [1.807, 2.05) is 25.6 Å². The number of methoxy groups -OCH3 is 1. The molecule has 0 aromatic rings. The number of hydrogen-bond donors (Lipinski definition) is 1. The van der Waals surface area contributed by atoms with Crippen molar-refractivity contribution in [3.63, 3.8) is 0 Å². The zero-order valence-electron chi connectivity index (χ0n) is 9.13. The fourth-order valence-corrected chi connectivity index (χ4v) is 2.81. The summed E-state index contributed by atoms with van der Waals surface area (Å²) in [5.41, 5.74) is -0.116. The summed E-state index contributed by atoms with van der Waals surface area (Å²) in [6.07, 6.45) is 1.03. The van der Waals surface area contributed by atoms with Gasteiger partial charge in [0.15, 0.2) is 0 Å². The predicted molar refractivity (Wildman–Crippen MR) is 59.5 cm³/mol. The second-order valence-corrected chi connectivity index (χ2v) is 5.17. The van der Waals surface area contributed by atoms with E-state index in [0.29, 0.717) is 6.54 Å². The average Bonchev–Trinajstić information content (AvgIpc) is 2.63. The molecule has 1 saturated heterocycles. The molecule has 1 aliphatic heterocycles. The van der Waals surface area contributed by atoms with Crippen LogP contribution in [0, 0.1) is 5.92 Å². The molecule has 1 heterocycles. The molecule has 1 rings (SSSR count). The fourth-order valence-electron chi connectivity index (χ4n) is 1.41. The van der Waals surface area contributed by atoms with Gasteiger partial charge in [0, 0.05) is 25.3 Å². The molecule has 4 heteroatoms. The summed E-state index contributed by atoms with van der Waals surface area (Å²) in [6.45, 7) is 4.45. The number of carbonyl (C=O) groups excluding carboxylic acids is 1. The number of thioether (sulfide) groups is 1. The van der Waals surface area contributed by atoms with Gasteiger partial charge in [0.1, 0.15) is 0 Å². The molecule has 0 bridgehead atoms. The van der Waals surface area contributed by atoms with E-state index < -0.39 is 0 Å². The molecule has 0 aromatic carbocycles. The first kappa shape index (κ1) is 11.9. The van der Waals surface area contributed by atoms with Gasteiger partial charge >= 0.3 is 0 Å². The topological polar surface area (TPSA) is 38.3 Å². The maximum Gasteiger partial charge on any atom is 0.222 e. The lowest BCUT2D eigenvalue weighted by atomic mass is 10.0. The van der Waals surface area contributed by atoms with Crippen molar-refractivity contribution in [1.82, 2.24) is 5.32 Å². The number of nitrogens with one attached hydrogen (secondary N) is 1. The van der Waals surface area contributed by atoms with Crippen molar-refractivity contribution in [1.29, 1.82) is 0 Å². The maximum absolute atomic E-state index is 11.4. The Hall–Kier alpha value is -0.220.